The molecule has 0 aromatic heterocycles. The number of carboxylic acid groups (broad SMARTS) is 1. The number of carbonyl (C=O) groups excluding carboxylic acids is 2. The maximum Gasteiger partial charge on any atom is 0.319 e. The smallest absolute Gasteiger partial charge is 0.319 e. The molecule has 0 heterocycles. The average molecular weight is 424 g/mol. The van der Waals surface area contributed by atoms with Crippen molar-refractivity contribution in [1.29, 1.82) is 0 Å². The molecule has 0 fully saturated rings. The summed E-state index contributed by atoms with van der Waals surface area (Å²) in [7, 11) is 0. The van der Waals surface area contributed by atoms with Gasteiger partial charge in [-0.3, -0.25) is 14.4 Å². The number of rotatable bonds is 5. The van der Waals surface area contributed by atoms with Crippen LogP contribution in [0.1, 0.15) is 57.9 Å². The first-order chi connectivity index (χ1) is 14.6. The fourth-order valence-electron chi connectivity index (χ4n) is 4.30. The van der Waals surface area contributed by atoms with Crippen LogP contribution in [0, 0.1) is 10.8 Å². The molecule has 0 saturated heterocycles. The number of nitrogens with one attached hydrogen (secondary N) is 1. The molecular weight excluding hydrogens is 396 g/mol. The minimum atomic E-state index is -1.67. The number of amides is 1. The number of benzene rings is 1. The molecule has 7 nitrogen and oxygen atoms in total. The Hall–Kier alpha value is -3.22. The molecule has 0 saturated carbocycles. The van der Waals surface area contributed by atoms with E-state index in [1.165, 1.54) is 0 Å². The first-order valence-corrected chi connectivity index (χ1v) is 10.3. The van der Waals surface area contributed by atoms with Gasteiger partial charge in [-0.15, -0.1) is 0 Å². The molecular formula is C24H28N2O5. The van der Waals surface area contributed by atoms with Gasteiger partial charge in [0.1, 0.15) is 5.76 Å². The van der Waals surface area contributed by atoms with Crippen LogP contribution in [-0.4, -0.2) is 34.1 Å². The number of hydrogen-bond donors (Lipinski definition) is 3. The van der Waals surface area contributed by atoms with Crippen molar-refractivity contribution < 1.29 is 24.6 Å². The first kappa shape index (κ1) is 22.5. The molecule has 0 unspecified atom stereocenters. The third-order valence-electron chi connectivity index (χ3n) is 6.18. The van der Waals surface area contributed by atoms with Crippen LogP contribution in [-0.2, 0) is 14.4 Å². The van der Waals surface area contributed by atoms with E-state index in [2.05, 4.69) is 10.5 Å². The van der Waals surface area contributed by atoms with Crippen molar-refractivity contribution in [2.45, 2.75) is 52.4 Å². The maximum atomic E-state index is 13.0. The fraction of sp³-hybridized carbons (Fsp3) is 0.417. The highest BCUT2D eigenvalue weighted by molar-refractivity contribution is 6.14. The quantitative estimate of drug-likeness (QED) is 0.287. The van der Waals surface area contributed by atoms with E-state index in [0.29, 0.717) is 6.42 Å². The largest absolute Gasteiger partial charge is 0.511 e. The van der Waals surface area contributed by atoms with Crippen molar-refractivity contribution in [3.8, 4) is 0 Å². The molecule has 0 aliphatic heterocycles. The highest BCUT2D eigenvalue weighted by Crippen LogP contribution is 2.44. The van der Waals surface area contributed by atoms with Gasteiger partial charge in [0.15, 0.2) is 11.2 Å². The van der Waals surface area contributed by atoms with Gasteiger partial charge in [-0.25, -0.2) is 5.43 Å². The van der Waals surface area contributed by atoms with Crippen LogP contribution in [0.2, 0.25) is 0 Å². The lowest BCUT2D eigenvalue weighted by molar-refractivity contribution is -0.157. The van der Waals surface area contributed by atoms with Gasteiger partial charge in [0, 0.05) is 18.8 Å². The van der Waals surface area contributed by atoms with Crippen LogP contribution in [0.5, 0.6) is 0 Å². The summed E-state index contributed by atoms with van der Waals surface area (Å²) in [6.45, 7) is 5.70. The summed E-state index contributed by atoms with van der Waals surface area (Å²) < 4.78 is 0. The van der Waals surface area contributed by atoms with E-state index in [9.17, 15) is 24.6 Å². The van der Waals surface area contributed by atoms with E-state index < -0.39 is 17.3 Å². The summed E-state index contributed by atoms with van der Waals surface area (Å²) in [5.74, 6) is -2.51. The molecule has 3 rings (SSSR count). The zero-order chi connectivity index (χ0) is 22.8. The van der Waals surface area contributed by atoms with Crippen molar-refractivity contribution in [1.82, 2.24) is 5.43 Å². The van der Waals surface area contributed by atoms with Crippen molar-refractivity contribution in [3.63, 3.8) is 0 Å². The molecule has 2 aliphatic rings. The van der Waals surface area contributed by atoms with E-state index in [4.69, 9.17) is 0 Å². The summed E-state index contributed by atoms with van der Waals surface area (Å²) >= 11 is 0. The number of allylic oxidation sites excluding steroid dienone is 4. The number of hydrogen-bond acceptors (Lipinski definition) is 5. The summed E-state index contributed by atoms with van der Waals surface area (Å²) in [6, 6.07) is 9.48. The monoisotopic (exact) mass is 424 g/mol. The Bertz CT molecular complexity index is 990. The Morgan fingerprint density at radius 2 is 1.87 bits per heavy atom. The van der Waals surface area contributed by atoms with Gasteiger partial charge < -0.3 is 10.2 Å². The van der Waals surface area contributed by atoms with Crippen molar-refractivity contribution >= 4 is 23.9 Å². The number of nitrogens with zero attached hydrogens (tertiary/aromatic N) is 1. The lowest BCUT2D eigenvalue weighted by atomic mass is 9.68. The number of aliphatic hydroxyl groups excluding tert-OH is 1. The number of hydrazone groups is 1. The molecule has 0 bridgehead atoms. The Morgan fingerprint density at radius 3 is 2.48 bits per heavy atom. The number of Topliss-reactive ketones (excluding diaryl/α,β-unsaturated/α-hetero) is 1. The molecule has 164 valence electrons. The Labute approximate surface area is 181 Å². The van der Waals surface area contributed by atoms with Gasteiger partial charge in [0.25, 0.3) is 5.91 Å². The molecule has 2 aliphatic carbocycles. The maximum absolute atomic E-state index is 13.0. The third kappa shape index (κ3) is 4.60. The Balaban J connectivity index is 1.81. The molecule has 2 atom stereocenters. The van der Waals surface area contributed by atoms with Gasteiger partial charge in [-0.1, -0.05) is 55.8 Å². The second-order valence-electron chi connectivity index (χ2n) is 9.21. The second-order valence-corrected chi connectivity index (χ2v) is 9.21. The standard InChI is InChI=1S/C24H28N2O5/c1-15-9-10-24(22(30)31,11-17(15)16-7-5-4-6-8-16)21(29)26-25-14-18-19(27)12-23(2,3)13-20(18)28/h4-9,14,17,27H,10-13H2,1-3H3,(H,26,29)(H,30,31)/b25-14-/t17-,24-/m0/s1. The fourth-order valence-corrected chi connectivity index (χ4v) is 4.30. The minimum Gasteiger partial charge on any atom is -0.511 e. The van der Waals surface area contributed by atoms with Crippen LogP contribution in [0.3, 0.4) is 0 Å². The Kier molecular flexibility index (Phi) is 6.15. The molecule has 1 aromatic rings. The van der Waals surface area contributed by atoms with E-state index in [1.807, 2.05) is 51.1 Å². The Morgan fingerprint density at radius 1 is 1.19 bits per heavy atom. The minimum absolute atomic E-state index is 0.0468. The third-order valence-corrected chi connectivity index (χ3v) is 6.18. The molecule has 3 N–H and O–H groups in total. The zero-order valence-electron chi connectivity index (χ0n) is 18.0. The number of aliphatic hydroxyl groups is 1. The predicted octanol–water partition coefficient (Wildman–Crippen LogP) is 3.88. The van der Waals surface area contributed by atoms with Crippen molar-refractivity contribution in [2.24, 2.45) is 15.9 Å². The molecule has 7 heteroatoms. The van der Waals surface area contributed by atoms with Gasteiger partial charge in [0.05, 0.1) is 11.8 Å². The second kappa shape index (κ2) is 8.49. The summed E-state index contributed by atoms with van der Waals surface area (Å²) in [4.78, 5) is 37.4. The van der Waals surface area contributed by atoms with Gasteiger partial charge in [0.2, 0.25) is 0 Å². The number of aliphatic carboxylic acids is 1. The van der Waals surface area contributed by atoms with E-state index in [-0.39, 0.29) is 47.7 Å². The number of ketones is 1. The summed E-state index contributed by atoms with van der Waals surface area (Å²) in [6.07, 6.45) is 3.65. The first-order valence-electron chi connectivity index (χ1n) is 10.3. The molecule has 0 spiro atoms. The lowest BCUT2D eigenvalue weighted by Gasteiger charge is -2.35. The van der Waals surface area contributed by atoms with Crippen LogP contribution >= 0.6 is 0 Å². The summed E-state index contributed by atoms with van der Waals surface area (Å²) in [5.41, 5.74) is 2.29. The SMILES string of the molecule is CC1=CC[C@@](C(=O)O)(C(=O)N/N=C\C2=C(O)CC(C)(C)CC2=O)C[C@@H]1c1ccccc1. The van der Waals surface area contributed by atoms with E-state index >= 15 is 0 Å². The molecule has 31 heavy (non-hydrogen) atoms. The normalized spacial score (nSPS) is 26.0. The van der Waals surface area contributed by atoms with Crippen molar-refractivity contribution in [2.75, 3.05) is 0 Å². The van der Waals surface area contributed by atoms with Gasteiger partial charge >= 0.3 is 5.97 Å². The van der Waals surface area contributed by atoms with Crippen LogP contribution in [0.15, 0.2) is 58.4 Å². The van der Waals surface area contributed by atoms with Gasteiger partial charge in [-0.05, 0) is 30.7 Å². The topological polar surface area (TPSA) is 116 Å². The summed E-state index contributed by atoms with van der Waals surface area (Å²) in [5, 5.41) is 23.9. The molecule has 0 radical (unpaired) electrons. The predicted molar refractivity (Wildman–Crippen MR) is 117 cm³/mol. The van der Waals surface area contributed by atoms with Gasteiger partial charge in [-0.2, -0.15) is 5.10 Å². The number of carboxylic acids is 1. The van der Waals surface area contributed by atoms with Crippen LogP contribution in [0.4, 0.5) is 0 Å². The van der Waals surface area contributed by atoms with Crippen LogP contribution in [0.25, 0.3) is 0 Å². The highest BCUT2D eigenvalue weighted by atomic mass is 16.4. The van der Waals surface area contributed by atoms with Crippen molar-refractivity contribution in [3.05, 3.63) is 58.9 Å². The molecule has 1 aromatic carbocycles. The molecule has 1 amide bonds. The number of carbonyl (C=O) groups is 3. The highest BCUT2D eigenvalue weighted by Gasteiger charge is 2.49. The van der Waals surface area contributed by atoms with E-state index in [1.54, 1.807) is 6.08 Å². The van der Waals surface area contributed by atoms with Crippen LogP contribution < -0.4 is 5.43 Å². The average Bonchev–Trinajstić information content (AvgIpc) is 2.70. The lowest BCUT2D eigenvalue weighted by Crippen LogP contribution is -2.47. The van der Waals surface area contributed by atoms with E-state index in [0.717, 1.165) is 17.4 Å². The zero-order valence-corrected chi connectivity index (χ0v) is 18.0.